The maximum absolute atomic E-state index is 14.2. The van der Waals surface area contributed by atoms with E-state index in [1.54, 1.807) is 32.0 Å². The summed E-state index contributed by atoms with van der Waals surface area (Å²) in [6.07, 6.45) is -5.70. The van der Waals surface area contributed by atoms with Crippen LogP contribution in [0.25, 0.3) is 0 Å². The Bertz CT molecular complexity index is 1310. The van der Waals surface area contributed by atoms with E-state index < -0.39 is 79.5 Å². The second kappa shape index (κ2) is 11.9. The Morgan fingerprint density at radius 1 is 1.32 bits per heavy atom. The molecule has 1 aliphatic rings. The summed E-state index contributed by atoms with van der Waals surface area (Å²) < 4.78 is 65.0. The number of ether oxygens (including phenoxy) is 2. The number of nitrogens with zero attached hydrogens (tertiary/aromatic N) is 2. The first-order valence-electron chi connectivity index (χ1n) is 12.2. The molecule has 0 amide bonds. The molecule has 1 aliphatic heterocycles. The SMILES string of the molecule is CC(C)OC(=O)[C@H](C)N[P@](=O)(Oc1ccccc1)OC(C)(C)[C@H]1O[C@@H](n2cc(F)c(N)nc2=O)[C@@](O)(CF)C1O. The summed E-state index contributed by atoms with van der Waals surface area (Å²) in [6, 6.07) is 6.59. The predicted molar refractivity (Wildman–Crippen MR) is 137 cm³/mol. The summed E-state index contributed by atoms with van der Waals surface area (Å²) in [5, 5.41) is 24.5. The van der Waals surface area contributed by atoms with Gasteiger partial charge in [-0.2, -0.15) is 10.1 Å². The molecule has 1 aromatic carbocycles. The number of nitrogen functional groups attached to an aromatic ring is 1. The van der Waals surface area contributed by atoms with Crippen LogP contribution in [0.1, 0.15) is 40.8 Å². The molecule has 6 atom stereocenters. The van der Waals surface area contributed by atoms with Gasteiger partial charge < -0.3 is 29.9 Å². The van der Waals surface area contributed by atoms with Crippen molar-refractivity contribution in [2.24, 2.45) is 0 Å². The van der Waals surface area contributed by atoms with Gasteiger partial charge in [0.2, 0.25) is 0 Å². The highest BCUT2D eigenvalue weighted by Crippen LogP contribution is 2.52. The van der Waals surface area contributed by atoms with Crippen LogP contribution in [-0.2, 0) is 23.4 Å². The average Bonchev–Trinajstić information content (AvgIpc) is 3.12. The van der Waals surface area contributed by atoms with Gasteiger partial charge in [-0.25, -0.2) is 18.1 Å². The highest BCUT2D eigenvalue weighted by molar-refractivity contribution is 7.52. The van der Waals surface area contributed by atoms with E-state index in [-0.39, 0.29) is 5.75 Å². The zero-order valence-corrected chi connectivity index (χ0v) is 23.4. The first-order chi connectivity index (χ1) is 18.5. The monoisotopic (exact) mass is 590 g/mol. The van der Waals surface area contributed by atoms with Crippen LogP contribution in [0.2, 0.25) is 0 Å². The number of aliphatic hydroxyl groups excluding tert-OH is 1. The minimum absolute atomic E-state index is 0.0829. The number of hydrogen-bond acceptors (Lipinski definition) is 11. The lowest BCUT2D eigenvalue weighted by molar-refractivity contribution is -0.149. The van der Waals surface area contributed by atoms with Crippen LogP contribution < -0.4 is 21.0 Å². The lowest BCUT2D eigenvalue weighted by Crippen LogP contribution is -2.54. The molecule has 16 heteroatoms. The molecule has 0 bridgehead atoms. The third-order valence-electron chi connectivity index (χ3n) is 5.97. The van der Waals surface area contributed by atoms with E-state index >= 15 is 0 Å². The average molecular weight is 591 g/mol. The fourth-order valence-corrected chi connectivity index (χ4v) is 5.88. The van der Waals surface area contributed by atoms with Gasteiger partial charge in [-0.1, -0.05) is 18.2 Å². The maximum atomic E-state index is 14.2. The first kappa shape index (κ1) is 31.6. The van der Waals surface area contributed by atoms with Gasteiger partial charge in [0.15, 0.2) is 23.5 Å². The molecule has 222 valence electrons. The summed E-state index contributed by atoms with van der Waals surface area (Å²) in [6.45, 7) is 5.53. The van der Waals surface area contributed by atoms with Crippen molar-refractivity contribution in [3.8, 4) is 5.75 Å². The summed E-state index contributed by atoms with van der Waals surface area (Å²) in [5.74, 6) is -2.58. The van der Waals surface area contributed by atoms with Crippen LogP contribution in [0, 0.1) is 5.82 Å². The number of alkyl halides is 1. The van der Waals surface area contributed by atoms with Crippen molar-refractivity contribution in [2.45, 2.75) is 76.4 Å². The Morgan fingerprint density at radius 3 is 2.52 bits per heavy atom. The quantitative estimate of drug-likeness (QED) is 0.220. The van der Waals surface area contributed by atoms with Crippen LogP contribution in [0.4, 0.5) is 14.6 Å². The third-order valence-corrected chi connectivity index (χ3v) is 7.84. The second-order valence-electron chi connectivity index (χ2n) is 10.1. The Hall–Kier alpha value is -2.94. The van der Waals surface area contributed by atoms with E-state index in [9.17, 15) is 33.1 Å². The van der Waals surface area contributed by atoms with Gasteiger partial charge in [-0.05, 0) is 46.8 Å². The van der Waals surface area contributed by atoms with Crippen LogP contribution in [0.5, 0.6) is 5.75 Å². The highest BCUT2D eigenvalue weighted by Gasteiger charge is 2.62. The molecular weight excluding hydrogens is 557 g/mol. The van der Waals surface area contributed by atoms with E-state index in [0.29, 0.717) is 10.8 Å². The predicted octanol–water partition coefficient (Wildman–Crippen LogP) is 1.84. The van der Waals surface area contributed by atoms with Gasteiger partial charge in [0, 0.05) is 0 Å². The van der Waals surface area contributed by atoms with E-state index in [1.165, 1.54) is 32.9 Å². The number of aliphatic hydroxyl groups is 2. The van der Waals surface area contributed by atoms with Crippen molar-refractivity contribution in [1.29, 1.82) is 0 Å². The zero-order valence-electron chi connectivity index (χ0n) is 22.5. The molecule has 40 heavy (non-hydrogen) atoms. The molecule has 1 unspecified atom stereocenters. The molecule has 1 saturated heterocycles. The number of anilines is 1. The smallest absolute Gasteiger partial charge is 0.460 e. The number of nitrogens with one attached hydrogen (secondary N) is 1. The number of para-hydroxylation sites is 1. The van der Waals surface area contributed by atoms with Crippen LogP contribution >= 0.6 is 7.75 Å². The summed E-state index contributed by atoms with van der Waals surface area (Å²) >= 11 is 0. The van der Waals surface area contributed by atoms with Gasteiger partial charge >= 0.3 is 19.4 Å². The van der Waals surface area contributed by atoms with Gasteiger partial charge in [0.05, 0.1) is 12.3 Å². The molecule has 1 aromatic heterocycles. The van der Waals surface area contributed by atoms with Crippen LogP contribution in [0.15, 0.2) is 41.3 Å². The Kier molecular flexibility index (Phi) is 9.39. The largest absolute Gasteiger partial charge is 0.462 e. The van der Waals surface area contributed by atoms with Gasteiger partial charge in [-0.3, -0.25) is 13.9 Å². The van der Waals surface area contributed by atoms with Crippen molar-refractivity contribution in [2.75, 3.05) is 12.4 Å². The molecule has 0 aliphatic carbocycles. The molecule has 0 radical (unpaired) electrons. The number of carbonyl (C=O) groups is 1. The molecule has 13 nitrogen and oxygen atoms in total. The second-order valence-corrected chi connectivity index (χ2v) is 11.7. The molecule has 5 N–H and O–H groups in total. The van der Waals surface area contributed by atoms with Crippen molar-refractivity contribution < 1.29 is 46.9 Å². The third kappa shape index (κ3) is 6.67. The summed E-state index contributed by atoms with van der Waals surface area (Å²) in [4.78, 5) is 28.1. The molecular formula is C24H33F2N4O9P. The number of rotatable bonds is 11. The van der Waals surface area contributed by atoms with Crippen molar-refractivity contribution in [3.63, 3.8) is 0 Å². The zero-order chi connectivity index (χ0) is 30.0. The van der Waals surface area contributed by atoms with Crippen molar-refractivity contribution in [1.82, 2.24) is 14.6 Å². The molecule has 0 spiro atoms. The summed E-state index contributed by atoms with van der Waals surface area (Å²) in [5.41, 5.74) is -0.555. The fraction of sp³-hybridized carbons (Fsp3) is 0.542. The lowest BCUT2D eigenvalue weighted by Gasteiger charge is -2.36. The van der Waals surface area contributed by atoms with Crippen molar-refractivity contribution in [3.05, 3.63) is 52.8 Å². The molecule has 3 rings (SSSR count). The molecule has 1 fully saturated rings. The van der Waals surface area contributed by atoms with Crippen molar-refractivity contribution >= 4 is 19.5 Å². The normalized spacial score (nSPS) is 25.4. The van der Waals surface area contributed by atoms with Gasteiger partial charge in [-0.15, -0.1) is 0 Å². The Balaban J connectivity index is 1.97. The van der Waals surface area contributed by atoms with Gasteiger partial charge in [0.25, 0.3) is 0 Å². The molecule has 2 aromatic rings. The topological polar surface area (TPSA) is 184 Å². The minimum Gasteiger partial charge on any atom is -0.462 e. The lowest BCUT2D eigenvalue weighted by atomic mass is 9.88. The number of halogens is 2. The Labute approximate surface area is 228 Å². The number of esters is 1. The van der Waals surface area contributed by atoms with E-state index in [2.05, 4.69) is 10.1 Å². The fourth-order valence-electron chi connectivity index (χ4n) is 4.04. The van der Waals surface area contributed by atoms with Crippen LogP contribution in [-0.4, -0.2) is 68.0 Å². The number of carbonyl (C=O) groups excluding carboxylic acids is 1. The number of hydrogen-bond donors (Lipinski definition) is 4. The number of benzene rings is 1. The molecule has 2 heterocycles. The van der Waals surface area contributed by atoms with E-state index in [1.807, 2.05) is 0 Å². The van der Waals surface area contributed by atoms with Gasteiger partial charge in [0.1, 0.15) is 36.3 Å². The standard InChI is InChI=1S/C24H33F2N4O9P/c1-13(2)36-20(32)14(3)29-40(35,38-15-9-7-6-8-10-15)39-23(4,5)18-17(31)24(34,12-25)21(37-18)30-11-16(26)19(27)28-22(30)33/h6-11,13-14,17-18,21,31,34H,12H2,1-5H3,(H,29,35)(H2,27,28,33)/t14-,17?,18-,21+,24+,40-/m0/s1. The number of nitrogens with two attached hydrogens (primary N) is 1. The first-order valence-corrected chi connectivity index (χ1v) is 13.8. The van der Waals surface area contributed by atoms with E-state index in [0.717, 1.165) is 0 Å². The maximum Gasteiger partial charge on any atom is 0.460 e. The highest BCUT2D eigenvalue weighted by atomic mass is 31.2. The number of aromatic nitrogens is 2. The van der Waals surface area contributed by atoms with E-state index in [4.69, 9.17) is 24.3 Å². The minimum atomic E-state index is -4.54. The molecule has 0 saturated carbocycles. The van der Waals surface area contributed by atoms with Crippen LogP contribution in [0.3, 0.4) is 0 Å². The Morgan fingerprint density at radius 2 is 1.95 bits per heavy atom. The summed E-state index contributed by atoms with van der Waals surface area (Å²) in [7, 11) is -4.54.